The van der Waals surface area contributed by atoms with E-state index in [9.17, 15) is 9.59 Å². The van der Waals surface area contributed by atoms with Gasteiger partial charge in [0.2, 0.25) is 17.7 Å². The largest absolute Gasteiger partial charge is 0.481 e. The second kappa shape index (κ2) is 7.43. The number of rotatable bonds is 6. The van der Waals surface area contributed by atoms with Crippen LogP contribution in [0.2, 0.25) is 0 Å². The van der Waals surface area contributed by atoms with Crippen LogP contribution in [0.4, 0.5) is 0 Å². The van der Waals surface area contributed by atoms with Crippen LogP contribution in [0.5, 0.6) is 5.88 Å². The van der Waals surface area contributed by atoms with Crippen LogP contribution < -0.4 is 15.8 Å². The van der Waals surface area contributed by atoms with Gasteiger partial charge >= 0.3 is 5.76 Å². The molecule has 3 rings (SSSR count). The first-order valence-corrected chi connectivity index (χ1v) is 7.54. The molecule has 0 bridgehead atoms. The summed E-state index contributed by atoms with van der Waals surface area (Å²) in [6.45, 7) is 0.0627. The molecule has 2 heterocycles. The molecule has 25 heavy (non-hydrogen) atoms. The lowest BCUT2D eigenvalue weighted by molar-refractivity contribution is -0.122. The van der Waals surface area contributed by atoms with Gasteiger partial charge in [-0.05, 0) is 23.8 Å². The van der Waals surface area contributed by atoms with Crippen molar-refractivity contribution in [1.82, 2.24) is 20.1 Å². The van der Waals surface area contributed by atoms with Crippen molar-refractivity contribution in [2.45, 2.75) is 13.1 Å². The van der Waals surface area contributed by atoms with Crippen molar-refractivity contribution >= 4 is 5.91 Å². The van der Waals surface area contributed by atoms with Crippen LogP contribution in [-0.4, -0.2) is 27.8 Å². The van der Waals surface area contributed by atoms with Gasteiger partial charge in [0, 0.05) is 24.4 Å². The highest BCUT2D eigenvalue weighted by Crippen LogP contribution is 2.13. The van der Waals surface area contributed by atoms with E-state index in [0.717, 1.165) is 10.2 Å². The van der Waals surface area contributed by atoms with Crippen molar-refractivity contribution in [3.8, 4) is 17.3 Å². The summed E-state index contributed by atoms with van der Waals surface area (Å²) in [5.74, 6) is -0.394. The van der Waals surface area contributed by atoms with E-state index in [1.807, 2.05) is 18.2 Å². The fraction of sp³-hybridized carbons (Fsp3) is 0.176. The number of ether oxygens (including phenoxy) is 1. The van der Waals surface area contributed by atoms with Gasteiger partial charge in [-0.15, -0.1) is 5.10 Å². The van der Waals surface area contributed by atoms with Crippen molar-refractivity contribution in [3.63, 3.8) is 0 Å². The summed E-state index contributed by atoms with van der Waals surface area (Å²) in [6.07, 6.45) is 1.59. The summed E-state index contributed by atoms with van der Waals surface area (Å²) in [5, 5.41) is 6.76. The highest BCUT2D eigenvalue weighted by molar-refractivity contribution is 5.75. The minimum Gasteiger partial charge on any atom is -0.481 e. The molecule has 0 unspecified atom stereocenters. The number of pyridine rings is 1. The average molecular weight is 340 g/mol. The summed E-state index contributed by atoms with van der Waals surface area (Å²) >= 11 is 0. The molecule has 0 aliphatic rings. The topological polar surface area (TPSA) is 99.2 Å². The zero-order chi connectivity index (χ0) is 17.6. The number of benzene rings is 1. The number of amides is 1. The summed E-state index contributed by atoms with van der Waals surface area (Å²) in [4.78, 5) is 27.9. The van der Waals surface area contributed by atoms with E-state index in [0.29, 0.717) is 11.4 Å². The number of carbonyl (C=O) groups is 1. The lowest BCUT2D eigenvalue weighted by Crippen LogP contribution is -2.31. The SMILES string of the molecule is COc1cc(CNC(=O)Cn2nc(-c3ccccc3)oc2=O)ccn1. The van der Waals surface area contributed by atoms with Crippen LogP contribution in [0.25, 0.3) is 11.5 Å². The van der Waals surface area contributed by atoms with Gasteiger partial charge in [0.05, 0.1) is 7.11 Å². The van der Waals surface area contributed by atoms with E-state index in [2.05, 4.69) is 15.4 Å². The van der Waals surface area contributed by atoms with Crippen molar-refractivity contribution < 1.29 is 13.9 Å². The van der Waals surface area contributed by atoms with E-state index in [1.54, 1.807) is 30.5 Å². The van der Waals surface area contributed by atoms with Crippen molar-refractivity contribution in [3.05, 3.63) is 64.8 Å². The highest BCUT2D eigenvalue weighted by atomic mass is 16.5. The molecule has 1 N–H and O–H groups in total. The molecule has 3 aromatic rings. The van der Waals surface area contributed by atoms with Gasteiger partial charge < -0.3 is 14.5 Å². The molecule has 0 fully saturated rings. The molecule has 0 atom stereocenters. The average Bonchev–Trinajstić information content (AvgIpc) is 3.01. The fourth-order valence-corrected chi connectivity index (χ4v) is 2.17. The van der Waals surface area contributed by atoms with Crippen LogP contribution in [0.15, 0.2) is 57.9 Å². The van der Waals surface area contributed by atoms with Crippen molar-refractivity contribution in [2.24, 2.45) is 0 Å². The standard InChI is InChI=1S/C17H16N4O4/c1-24-15-9-12(7-8-18-15)10-19-14(22)11-21-17(23)25-16(20-21)13-5-3-2-4-6-13/h2-9H,10-11H2,1H3,(H,19,22). The maximum Gasteiger partial charge on any atom is 0.437 e. The first-order chi connectivity index (χ1) is 12.2. The Balaban J connectivity index is 1.63. The van der Waals surface area contributed by atoms with E-state index in [1.165, 1.54) is 7.11 Å². The fourth-order valence-electron chi connectivity index (χ4n) is 2.17. The second-order valence-electron chi connectivity index (χ2n) is 5.18. The Kier molecular flexibility index (Phi) is 4.89. The van der Waals surface area contributed by atoms with Gasteiger partial charge in [-0.1, -0.05) is 18.2 Å². The number of hydrogen-bond donors (Lipinski definition) is 1. The van der Waals surface area contributed by atoms with E-state index < -0.39 is 5.76 Å². The smallest absolute Gasteiger partial charge is 0.437 e. The molecule has 0 saturated carbocycles. The van der Waals surface area contributed by atoms with E-state index in [4.69, 9.17) is 9.15 Å². The van der Waals surface area contributed by atoms with Crippen LogP contribution in [0.1, 0.15) is 5.56 Å². The lowest BCUT2D eigenvalue weighted by atomic mass is 10.2. The summed E-state index contributed by atoms with van der Waals surface area (Å²) < 4.78 is 11.1. The lowest BCUT2D eigenvalue weighted by Gasteiger charge is -2.05. The number of methoxy groups -OCH3 is 1. The quantitative estimate of drug-likeness (QED) is 0.724. The maximum absolute atomic E-state index is 12.0. The van der Waals surface area contributed by atoms with Crippen LogP contribution in [0.3, 0.4) is 0 Å². The number of carbonyl (C=O) groups excluding carboxylic acids is 1. The first kappa shape index (κ1) is 16.4. The van der Waals surface area contributed by atoms with Gasteiger partial charge in [-0.2, -0.15) is 4.68 Å². The molecule has 0 radical (unpaired) electrons. The molecule has 8 nitrogen and oxygen atoms in total. The first-order valence-electron chi connectivity index (χ1n) is 7.54. The van der Waals surface area contributed by atoms with Gasteiger partial charge in [0.1, 0.15) is 6.54 Å². The monoisotopic (exact) mass is 340 g/mol. The molecule has 8 heteroatoms. The minimum atomic E-state index is -0.681. The molecule has 0 aliphatic carbocycles. The second-order valence-corrected chi connectivity index (χ2v) is 5.18. The number of hydrogen-bond acceptors (Lipinski definition) is 6. The van der Waals surface area contributed by atoms with Gasteiger partial charge in [0.25, 0.3) is 0 Å². The Morgan fingerprint density at radius 3 is 2.84 bits per heavy atom. The Hall–Kier alpha value is -3.42. The predicted molar refractivity (Wildman–Crippen MR) is 88.8 cm³/mol. The predicted octanol–water partition coefficient (Wildman–Crippen LogP) is 1.22. The van der Waals surface area contributed by atoms with Crippen molar-refractivity contribution in [2.75, 3.05) is 7.11 Å². The summed E-state index contributed by atoms with van der Waals surface area (Å²) in [5.41, 5.74) is 1.50. The zero-order valence-electron chi connectivity index (χ0n) is 13.5. The molecular formula is C17H16N4O4. The molecule has 1 aromatic carbocycles. The Labute approximate surface area is 143 Å². The Morgan fingerprint density at radius 1 is 1.28 bits per heavy atom. The van der Waals surface area contributed by atoms with Gasteiger partial charge in [-0.25, -0.2) is 9.78 Å². The number of nitrogens with zero attached hydrogens (tertiary/aromatic N) is 3. The third kappa shape index (κ3) is 4.11. The highest BCUT2D eigenvalue weighted by Gasteiger charge is 2.13. The molecule has 128 valence electrons. The molecule has 2 aromatic heterocycles. The van der Waals surface area contributed by atoms with Crippen LogP contribution >= 0.6 is 0 Å². The molecule has 0 saturated heterocycles. The van der Waals surface area contributed by atoms with Crippen LogP contribution in [-0.2, 0) is 17.9 Å². The van der Waals surface area contributed by atoms with E-state index >= 15 is 0 Å². The van der Waals surface area contributed by atoms with Gasteiger partial charge in [0.15, 0.2) is 0 Å². The molecular weight excluding hydrogens is 324 g/mol. The normalized spacial score (nSPS) is 10.4. The van der Waals surface area contributed by atoms with Crippen molar-refractivity contribution in [1.29, 1.82) is 0 Å². The Morgan fingerprint density at radius 2 is 2.08 bits per heavy atom. The third-order valence-electron chi connectivity index (χ3n) is 3.42. The van der Waals surface area contributed by atoms with Crippen LogP contribution in [0, 0.1) is 0 Å². The molecule has 0 spiro atoms. The third-order valence-corrected chi connectivity index (χ3v) is 3.42. The Bertz CT molecular complexity index is 918. The maximum atomic E-state index is 12.0. The minimum absolute atomic E-state index is 0.178. The van der Waals surface area contributed by atoms with E-state index in [-0.39, 0.29) is 24.9 Å². The number of aromatic nitrogens is 3. The summed E-state index contributed by atoms with van der Waals surface area (Å²) in [6, 6.07) is 12.5. The molecule has 0 aliphatic heterocycles. The molecule has 1 amide bonds. The van der Waals surface area contributed by atoms with Gasteiger partial charge in [-0.3, -0.25) is 4.79 Å². The summed E-state index contributed by atoms with van der Waals surface area (Å²) in [7, 11) is 1.52. The zero-order valence-corrected chi connectivity index (χ0v) is 13.5. The number of nitrogens with one attached hydrogen (secondary N) is 1.